The van der Waals surface area contributed by atoms with Crippen molar-refractivity contribution in [3.63, 3.8) is 0 Å². The van der Waals surface area contributed by atoms with Crippen molar-refractivity contribution in [2.24, 2.45) is 11.3 Å². The largest absolute Gasteiger partial charge is 0.481 e. The van der Waals surface area contributed by atoms with Crippen LogP contribution in [0.15, 0.2) is 24.4 Å². The topological polar surface area (TPSA) is 95.7 Å². The molecular weight excluding hydrogens is 534 g/mol. The van der Waals surface area contributed by atoms with E-state index in [0.29, 0.717) is 0 Å². The summed E-state index contributed by atoms with van der Waals surface area (Å²) < 4.78 is 43.7. The third-order valence-electron chi connectivity index (χ3n) is 6.36. The molecule has 2 N–H and O–H groups in total. The van der Waals surface area contributed by atoms with E-state index in [1.54, 1.807) is 6.07 Å². The zero-order valence-corrected chi connectivity index (χ0v) is 22.2. The van der Waals surface area contributed by atoms with Crippen molar-refractivity contribution in [3.8, 4) is 0 Å². The fraction of sp³-hybridized carbons (Fsp3) is 0.560. The fourth-order valence-corrected chi connectivity index (χ4v) is 5.39. The fourth-order valence-electron chi connectivity index (χ4n) is 4.74. The number of aliphatic hydroxyl groups is 1. The Hall–Kier alpha value is -2.30. The zero-order chi connectivity index (χ0) is 27.7. The summed E-state index contributed by atoms with van der Waals surface area (Å²) in [6, 6.07) is 3.95. The first-order valence-electron chi connectivity index (χ1n) is 11.9. The average molecular weight is 564 g/mol. The van der Waals surface area contributed by atoms with E-state index >= 15 is 0 Å². The molecule has 1 atom stereocenters. The number of aromatic nitrogens is 2. The molecule has 1 saturated carbocycles. The maximum atomic E-state index is 14.3. The van der Waals surface area contributed by atoms with Crippen molar-refractivity contribution >= 4 is 35.1 Å². The molecule has 1 aliphatic rings. The van der Waals surface area contributed by atoms with Crippen molar-refractivity contribution in [1.29, 1.82) is 0 Å². The van der Waals surface area contributed by atoms with Gasteiger partial charge in [-0.2, -0.15) is 18.3 Å². The van der Waals surface area contributed by atoms with Gasteiger partial charge in [-0.25, -0.2) is 0 Å². The normalized spacial score (nSPS) is 19.5. The number of nitrogens with zero attached hydrogens (tertiary/aromatic N) is 3. The van der Waals surface area contributed by atoms with Crippen LogP contribution in [-0.2, 0) is 11.0 Å². The molecule has 1 amide bonds. The average Bonchev–Trinajstić information content (AvgIpc) is 3.23. The van der Waals surface area contributed by atoms with Gasteiger partial charge in [0.1, 0.15) is 0 Å². The number of aliphatic carboxylic acids is 1. The molecule has 0 spiro atoms. The van der Waals surface area contributed by atoms with Crippen LogP contribution in [0.1, 0.15) is 80.2 Å². The second-order valence-corrected chi connectivity index (χ2v) is 11.4. The monoisotopic (exact) mass is 563 g/mol. The molecule has 2 aromatic rings. The number of amides is 1. The Morgan fingerprint density at radius 1 is 1.14 bits per heavy atom. The molecule has 1 aliphatic carbocycles. The van der Waals surface area contributed by atoms with E-state index < -0.39 is 52.8 Å². The van der Waals surface area contributed by atoms with E-state index in [1.165, 1.54) is 12.1 Å². The number of benzene rings is 1. The standard InChI is InChI=1S/C25H30Cl2F3N3O4/c1-24(2,3)13-32(12-19(34)20-17(26)5-4-6-18(20)27)22(35)16-11-31-33(21(16)25(28,29)30)15-9-7-14(8-10-15)23(36)37/h4-6,11,14-15,19,34H,7-10,12-13H2,1-3H3,(H,36,37)/t14-,15-,19-/m1/s1. The van der Waals surface area contributed by atoms with E-state index in [4.69, 9.17) is 23.2 Å². The molecule has 0 aliphatic heterocycles. The molecular formula is C25H30Cl2F3N3O4. The molecule has 1 heterocycles. The van der Waals surface area contributed by atoms with E-state index in [0.717, 1.165) is 15.8 Å². The lowest BCUT2D eigenvalue weighted by atomic mass is 9.86. The molecule has 1 fully saturated rings. The van der Waals surface area contributed by atoms with Crippen LogP contribution in [0.25, 0.3) is 0 Å². The highest BCUT2D eigenvalue weighted by molar-refractivity contribution is 6.36. The lowest BCUT2D eigenvalue weighted by Gasteiger charge is -2.32. The summed E-state index contributed by atoms with van der Waals surface area (Å²) in [5.74, 6) is -2.52. The number of hydrogen-bond donors (Lipinski definition) is 2. The van der Waals surface area contributed by atoms with Crippen molar-refractivity contribution in [2.45, 2.75) is 64.8 Å². The maximum Gasteiger partial charge on any atom is 0.433 e. The van der Waals surface area contributed by atoms with E-state index in [2.05, 4.69) is 5.10 Å². The number of carboxylic acids is 1. The first-order valence-corrected chi connectivity index (χ1v) is 12.6. The van der Waals surface area contributed by atoms with Gasteiger partial charge in [0, 0.05) is 22.2 Å². The number of alkyl halides is 3. The van der Waals surface area contributed by atoms with Crippen LogP contribution < -0.4 is 0 Å². The molecule has 37 heavy (non-hydrogen) atoms. The third kappa shape index (κ3) is 6.97. The van der Waals surface area contributed by atoms with Gasteiger partial charge in [-0.3, -0.25) is 14.3 Å². The van der Waals surface area contributed by atoms with Crippen molar-refractivity contribution < 1.29 is 33.0 Å². The third-order valence-corrected chi connectivity index (χ3v) is 7.02. The number of rotatable bonds is 7. The molecule has 12 heteroatoms. The Kier molecular flexibility index (Phi) is 8.86. The summed E-state index contributed by atoms with van der Waals surface area (Å²) in [5, 5.41) is 24.4. The minimum atomic E-state index is -4.89. The van der Waals surface area contributed by atoms with Crippen molar-refractivity contribution in [1.82, 2.24) is 14.7 Å². The number of hydrogen-bond acceptors (Lipinski definition) is 4. The predicted octanol–water partition coefficient (Wildman–Crippen LogP) is 6.25. The summed E-state index contributed by atoms with van der Waals surface area (Å²) in [4.78, 5) is 26.0. The van der Waals surface area contributed by atoms with Gasteiger partial charge in [-0.05, 0) is 43.2 Å². The second kappa shape index (κ2) is 11.2. The minimum Gasteiger partial charge on any atom is -0.481 e. The van der Waals surface area contributed by atoms with Gasteiger partial charge < -0.3 is 15.1 Å². The van der Waals surface area contributed by atoms with Crippen LogP contribution in [0, 0.1) is 11.3 Å². The lowest BCUT2D eigenvalue weighted by Crippen LogP contribution is -2.41. The Bertz CT molecular complexity index is 1120. The van der Waals surface area contributed by atoms with E-state index in [1.807, 2.05) is 20.8 Å². The zero-order valence-electron chi connectivity index (χ0n) is 20.7. The van der Waals surface area contributed by atoms with Crippen LogP contribution in [0.4, 0.5) is 13.2 Å². The summed E-state index contributed by atoms with van der Waals surface area (Å²) >= 11 is 12.4. The quantitative estimate of drug-likeness (QED) is 0.415. The number of carbonyl (C=O) groups is 2. The van der Waals surface area contributed by atoms with Crippen LogP contribution in [0.3, 0.4) is 0 Å². The lowest BCUT2D eigenvalue weighted by molar-refractivity contribution is -0.147. The first-order chi connectivity index (χ1) is 17.1. The molecule has 3 rings (SSSR count). The molecule has 0 bridgehead atoms. The van der Waals surface area contributed by atoms with Gasteiger partial charge in [-0.15, -0.1) is 0 Å². The van der Waals surface area contributed by atoms with E-state index in [9.17, 15) is 33.0 Å². The summed E-state index contributed by atoms with van der Waals surface area (Å²) in [5.41, 5.74) is -2.14. The first kappa shape index (κ1) is 29.3. The van der Waals surface area contributed by atoms with Crippen LogP contribution >= 0.6 is 23.2 Å². The number of halogens is 5. The number of carboxylic acid groups (broad SMARTS) is 1. The molecule has 0 unspecified atom stereocenters. The van der Waals surface area contributed by atoms with Crippen LogP contribution in [-0.4, -0.2) is 49.9 Å². The Balaban J connectivity index is 1.96. The Morgan fingerprint density at radius 3 is 2.19 bits per heavy atom. The maximum absolute atomic E-state index is 14.3. The summed E-state index contributed by atoms with van der Waals surface area (Å²) in [6.45, 7) is 5.15. The molecule has 0 saturated heterocycles. The molecule has 7 nitrogen and oxygen atoms in total. The number of carbonyl (C=O) groups excluding carboxylic acids is 1. The minimum absolute atomic E-state index is 0.0389. The van der Waals surface area contributed by atoms with Gasteiger partial charge in [-0.1, -0.05) is 50.0 Å². The summed E-state index contributed by atoms with van der Waals surface area (Å²) in [6.07, 6.45) is -4.48. The number of aliphatic hydroxyl groups excluding tert-OH is 1. The van der Waals surface area contributed by atoms with Gasteiger partial charge >= 0.3 is 12.1 Å². The second-order valence-electron chi connectivity index (χ2n) is 10.6. The molecule has 1 aromatic heterocycles. The van der Waals surface area contributed by atoms with Gasteiger partial charge in [0.15, 0.2) is 5.69 Å². The van der Waals surface area contributed by atoms with Crippen molar-refractivity contribution in [2.75, 3.05) is 13.1 Å². The Morgan fingerprint density at radius 2 is 1.70 bits per heavy atom. The predicted molar refractivity (Wildman–Crippen MR) is 133 cm³/mol. The smallest absolute Gasteiger partial charge is 0.433 e. The molecule has 1 aromatic carbocycles. The van der Waals surface area contributed by atoms with Crippen LogP contribution in [0.5, 0.6) is 0 Å². The van der Waals surface area contributed by atoms with Gasteiger partial charge in [0.2, 0.25) is 0 Å². The highest BCUT2D eigenvalue weighted by Crippen LogP contribution is 2.39. The Labute approximate surface area is 223 Å². The highest BCUT2D eigenvalue weighted by Gasteiger charge is 2.43. The molecule has 204 valence electrons. The van der Waals surface area contributed by atoms with Crippen molar-refractivity contribution in [3.05, 3.63) is 51.3 Å². The van der Waals surface area contributed by atoms with Gasteiger partial charge in [0.05, 0.1) is 36.4 Å². The molecule has 0 radical (unpaired) electrons. The highest BCUT2D eigenvalue weighted by atomic mass is 35.5. The SMILES string of the molecule is CC(C)(C)CN(C[C@@H](O)c1c(Cl)cccc1Cl)C(=O)c1cnn([C@H]2CC[C@H](C(=O)O)CC2)c1C(F)(F)F. The van der Waals surface area contributed by atoms with Gasteiger partial charge in [0.25, 0.3) is 5.91 Å². The van der Waals surface area contributed by atoms with Crippen LogP contribution in [0.2, 0.25) is 10.0 Å². The van der Waals surface area contributed by atoms with E-state index in [-0.39, 0.29) is 54.4 Å². The summed E-state index contributed by atoms with van der Waals surface area (Å²) in [7, 11) is 0.